The summed E-state index contributed by atoms with van der Waals surface area (Å²) in [6.45, 7) is 40.9. The van der Waals surface area contributed by atoms with Crippen molar-refractivity contribution < 1.29 is 52.6 Å². The van der Waals surface area contributed by atoms with Gasteiger partial charge in [0.15, 0.2) is 19.6 Å². The van der Waals surface area contributed by atoms with Gasteiger partial charge < -0.3 is 38.2 Å². The number of aliphatic hydroxyl groups excluding tert-OH is 2. The Kier molecular flexibility index (Phi) is 18.9. The number of aliphatic hydroxyl groups is 2. The molecule has 0 heterocycles. The van der Waals surface area contributed by atoms with Gasteiger partial charge in [-0.1, -0.05) is 93.5 Å². The van der Waals surface area contributed by atoms with E-state index in [1.54, 1.807) is 0 Å². The molecular formula is C75H132N3O8+3. The van der Waals surface area contributed by atoms with Crippen LogP contribution in [0.15, 0.2) is 24.3 Å². The minimum atomic E-state index is -0.752. The molecular weight excluding hydrogens is 1070 g/mol. The molecule has 11 nitrogen and oxygen atoms in total. The summed E-state index contributed by atoms with van der Waals surface area (Å²) in [4.78, 5) is 36.0. The number of carbonyl (C=O) groups excluding carboxylic acids is 2. The number of nitrogens with zero attached hydrogens (tertiary/aromatic N) is 3. The zero-order valence-corrected chi connectivity index (χ0v) is 59.2. The van der Waals surface area contributed by atoms with Gasteiger partial charge in [0.25, 0.3) is 0 Å². The molecule has 0 aromatic carbocycles. The van der Waals surface area contributed by atoms with E-state index in [1.807, 2.05) is 21.1 Å². The van der Waals surface area contributed by atoms with E-state index in [-0.39, 0.29) is 68.6 Å². The Morgan fingerprint density at radius 3 is 1.31 bits per heavy atom. The monoisotopic (exact) mass is 1200 g/mol. The fraction of sp³-hybridized carbons (Fsp3) is 0.907. The summed E-state index contributed by atoms with van der Waals surface area (Å²) in [7, 11) is 17.9. The lowest BCUT2D eigenvalue weighted by Gasteiger charge is -2.73. The van der Waals surface area contributed by atoms with Crippen LogP contribution in [0.5, 0.6) is 0 Å². The van der Waals surface area contributed by atoms with Gasteiger partial charge in [-0.2, -0.15) is 0 Å². The van der Waals surface area contributed by atoms with Gasteiger partial charge in [-0.15, -0.1) is 0 Å². The van der Waals surface area contributed by atoms with Gasteiger partial charge >= 0.3 is 17.9 Å². The summed E-state index contributed by atoms with van der Waals surface area (Å²) in [6.07, 6.45) is 24.1. The number of carboxylic acid groups (broad SMARTS) is 1. The van der Waals surface area contributed by atoms with Crippen LogP contribution < -0.4 is 0 Å². The van der Waals surface area contributed by atoms with E-state index >= 15 is 0 Å². The number of hydrogen-bond donors (Lipinski definition) is 3. The highest BCUT2D eigenvalue weighted by Crippen LogP contribution is 2.80. The average Bonchev–Trinajstić information content (AvgIpc) is 0.951. The zero-order valence-electron chi connectivity index (χ0n) is 59.2. The molecule has 0 saturated heterocycles. The Morgan fingerprint density at radius 1 is 0.465 bits per heavy atom. The third-order valence-electron chi connectivity index (χ3n) is 29.3. The highest BCUT2D eigenvalue weighted by Gasteiger charge is 2.73. The van der Waals surface area contributed by atoms with Crippen molar-refractivity contribution in [3.63, 3.8) is 0 Å². The van der Waals surface area contributed by atoms with Crippen LogP contribution in [0, 0.1) is 113 Å². The Bertz CT molecular complexity index is 2540. The fourth-order valence-electron chi connectivity index (χ4n) is 24.9. The number of allylic oxidation sites excluding steroid dienone is 2. The molecule has 0 spiro atoms. The van der Waals surface area contributed by atoms with E-state index in [2.05, 4.69) is 139 Å². The molecule has 86 heavy (non-hydrogen) atoms. The van der Waals surface area contributed by atoms with Crippen molar-refractivity contribution >= 4 is 17.9 Å². The Hall–Kier alpha value is -2.31. The van der Waals surface area contributed by atoms with Crippen LogP contribution in [0.1, 0.15) is 212 Å². The second kappa shape index (κ2) is 23.4. The second-order valence-electron chi connectivity index (χ2n) is 37.9. The molecule has 0 aromatic heterocycles. The third-order valence-corrected chi connectivity index (χ3v) is 29.3. The SMILES string of the molecule is C=C(C)[C@@H]1CC[C@]2(CO)CC[C@]3(C)C(CCC4[C@@]5(C)CC[C@H](O)C(C)(C)C5CC[C@]43C)C12.C=C(C)[C@@H]1CC[C@]2(COC(=O)C[N+](C)(C)C)CC[C@]3(C)C(CCC4[C@@]5(C)CC[C@H](OC(=O)C[N+](C)(C)C)C(C)(C)C5CC[C@]43C)C12.C[N+](C)(C)CC(=O)O. The fourth-order valence-corrected chi connectivity index (χ4v) is 24.9. The largest absolute Gasteiger partial charge is 0.477 e. The van der Waals surface area contributed by atoms with Gasteiger partial charge in [0.2, 0.25) is 0 Å². The predicted octanol–water partition coefficient (Wildman–Crippen LogP) is 14.3. The van der Waals surface area contributed by atoms with Crippen molar-refractivity contribution in [1.29, 1.82) is 0 Å². The molecule has 0 aliphatic heterocycles. The smallest absolute Gasteiger partial charge is 0.362 e. The predicted molar refractivity (Wildman–Crippen MR) is 348 cm³/mol. The van der Waals surface area contributed by atoms with Crippen molar-refractivity contribution in [3.05, 3.63) is 24.3 Å². The van der Waals surface area contributed by atoms with Crippen molar-refractivity contribution in [2.75, 3.05) is 96.3 Å². The van der Waals surface area contributed by atoms with Gasteiger partial charge in [0.05, 0.1) is 76.1 Å². The first kappa shape index (κ1) is 69.6. The second-order valence-corrected chi connectivity index (χ2v) is 37.9. The number of aliphatic carboxylic acids is 1. The molecule has 20 atom stereocenters. The van der Waals surface area contributed by atoms with Crippen molar-refractivity contribution in [1.82, 2.24) is 0 Å². The summed E-state index contributed by atoms with van der Waals surface area (Å²) in [6, 6.07) is 0. The first-order valence-corrected chi connectivity index (χ1v) is 34.9. The quantitative estimate of drug-likeness (QED) is 0.100. The Morgan fingerprint density at radius 2 is 0.884 bits per heavy atom. The van der Waals surface area contributed by atoms with Crippen LogP contribution in [0.4, 0.5) is 0 Å². The molecule has 8 unspecified atom stereocenters. The van der Waals surface area contributed by atoms with Gasteiger partial charge in [0.1, 0.15) is 6.10 Å². The summed E-state index contributed by atoms with van der Waals surface area (Å²) in [5, 5.41) is 29.8. The van der Waals surface area contributed by atoms with Gasteiger partial charge in [-0.3, -0.25) is 0 Å². The molecule has 10 saturated carbocycles. The summed E-state index contributed by atoms with van der Waals surface area (Å²) in [5.41, 5.74) is 4.72. The molecule has 10 aliphatic rings. The molecule has 11 heteroatoms. The maximum Gasteiger partial charge on any atom is 0.362 e. The molecule has 0 radical (unpaired) electrons. The number of likely N-dealkylation sites (N-methyl/N-ethyl adjacent to an activating group) is 3. The molecule has 3 N–H and O–H groups in total. The lowest BCUT2D eigenvalue weighted by Crippen LogP contribution is -2.67. The maximum absolute atomic E-state index is 13.0. The van der Waals surface area contributed by atoms with E-state index in [9.17, 15) is 24.6 Å². The summed E-state index contributed by atoms with van der Waals surface area (Å²) < 4.78 is 14.2. The topological polar surface area (TPSA) is 130 Å². The molecule has 10 rings (SSSR count). The van der Waals surface area contributed by atoms with Crippen LogP contribution in [0.3, 0.4) is 0 Å². The minimum absolute atomic E-state index is 0.00851. The molecule has 0 amide bonds. The summed E-state index contributed by atoms with van der Waals surface area (Å²) >= 11 is 0. The number of quaternary nitrogens is 3. The van der Waals surface area contributed by atoms with E-state index in [0.29, 0.717) is 103 Å². The number of fused-ring (bicyclic) bond motifs is 14. The van der Waals surface area contributed by atoms with Crippen LogP contribution in [-0.4, -0.2) is 155 Å². The van der Waals surface area contributed by atoms with E-state index in [4.69, 9.17) is 14.6 Å². The number of esters is 2. The zero-order chi connectivity index (χ0) is 64.4. The number of carboxylic acids is 1. The van der Waals surface area contributed by atoms with E-state index in [0.717, 1.165) is 43.9 Å². The van der Waals surface area contributed by atoms with Gasteiger partial charge in [-0.05, 0) is 245 Å². The normalized spacial score (nSPS) is 45.3. The van der Waals surface area contributed by atoms with Crippen LogP contribution in [-0.2, 0) is 23.9 Å². The maximum atomic E-state index is 13.0. The number of ether oxygens (including phenoxy) is 2. The summed E-state index contributed by atoms with van der Waals surface area (Å²) in [5.74, 6) is 5.36. The molecule has 0 aromatic rings. The first-order valence-electron chi connectivity index (χ1n) is 34.9. The number of carbonyl (C=O) groups is 3. The van der Waals surface area contributed by atoms with Crippen LogP contribution in [0.2, 0.25) is 0 Å². The Balaban J connectivity index is 0.000000207. The Labute approximate surface area is 525 Å². The highest BCUT2D eigenvalue weighted by molar-refractivity contribution is 5.71. The van der Waals surface area contributed by atoms with E-state index < -0.39 is 5.97 Å². The minimum Gasteiger partial charge on any atom is -0.477 e. The van der Waals surface area contributed by atoms with E-state index in [1.165, 1.54) is 107 Å². The van der Waals surface area contributed by atoms with Crippen LogP contribution >= 0.6 is 0 Å². The standard InChI is InChI=1S/C40H70N2O4.C30H50O2.C5H11NO2/c1-27(2)28-16-21-40(26-45-33(43)24-41(8,9)10)23-22-38(6)29(35(28)40)14-15-31-37(5)19-18-32(46-34(44)25-42(11,12)13)36(3,4)30(37)17-20-39(31,38)7;1-19(2)20-10-15-30(18-31)17-16-28(6)21(25(20)30)8-9-23-27(5)13-12-24(32)26(3,4)22(27)11-14-29(23,28)7;1-6(2,3)4-5(7)8/h28-32,35H,1,14-26H2,2-13H3;20-25,31-32H,1,8-18H2,2-7H3;4H2,1-3H3/q+2;;/p+1/t28-,29?,30?,31?,32-,35?,37-,38+,39+,40+;20-,21?,22?,23?,24-,25?,27-,28+,29+,30+;/m00./s1. The lowest BCUT2D eigenvalue weighted by molar-refractivity contribution is -0.862. The van der Waals surface area contributed by atoms with Crippen molar-refractivity contribution in [2.45, 2.75) is 224 Å². The molecule has 0 bridgehead atoms. The molecule has 10 aliphatic carbocycles. The number of hydrogen-bond acceptors (Lipinski definition) is 7. The lowest BCUT2D eigenvalue weighted by atomic mass is 9.32. The van der Waals surface area contributed by atoms with Crippen molar-refractivity contribution in [3.8, 4) is 0 Å². The molecule has 492 valence electrons. The number of rotatable bonds is 12. The van der Waals surface area contributed by atoms with Gasteiger partial charge in [0, 0.05) is 17.4 Å². The van der Waals surface area contributed by atoms with Crippen molar-refractivity contribution in [2.24, 2.45) is 113 Å². The third kappa shape index (κ3) is 11.9. The average molecular weight is 1200 g/mol. The first-order chi connectivity index (χ1) is 39.3. The molecule has 10 fully saturated rings. The van der Waals surface area contributed by atoms with Crippen LogP contribution in [0.25, 0.3) is 0 Å². The highest BCUT2D eigenvalue weighted by atomic mass is 16.5. The van der Waals surface area contributed by atoms with Gasteiger partial charge in [-0.25, -0.2) is 14.4 Å².